The van der Waals surface area contributed by atoms with Crippen LogP contribution in [0, 0.1) is 0 Å². The van der Waals surface area contributed by atoms with Crippen molar-refractivity contribution < 1.29 is 23.8 Å². The monoisotopic (exact) mass is 457 g/mol. The SMILES string of the molecule is CC1(C)OC[C@@H](C(=O)OCc2ccccc2)N1C(=O)OCC1c2ccccc2-c2ccccc21. The summed E-state index contributed by atoms with van der Waals surface area (Å²) >= 11 is 0. The summed E-state index contributed by atoms with van der Waals surface area (Å²) < 4.78 is 17.1. The summed E-state index contributed by atoms with van der Waals surface area (Å²) in [6, 6.07) is 24.9. The second-order valence-corrected chi connectivity index (χ2v) is 9.04. The standard InChI is InChI=1S/C28H27NO5/c1-28(2)29(25(18-34-28)26(30)32-16-19-10-4-3-5-11-19)27(31)33-17-24-22-14-8-6-12-20(22)21-13-7-9-15-23(21)24/h3-15,24-25H,16-18H2,1-2H3/t25-/m0/s1. The molecule has 1 heterocycles. The number of carbonyl (C=O) groups is 2. The van der Waals surface area contributed by atoms with Gasteiger partial charge in [0.05, 0.1) is 6.61 Å². The van der Waals surface area contributed by atoms with Gasteiger partial charge in [-0.3, -0.25) is 4.90 Å². The molecule has 0 radical (unpaired) electrons. The summed E-state index contributed by atoms with van der Waals surface area (Å²) in [6.45, 7) is 3.86. The fourth-order valence-corrected chi connectivity index (χ4v) is 4.81. The van der Waals surface area contributed by atoms with Crippen LogP contribution in [-0.4, -0.2) is 41.9 Å². The van der Waals surface area contributed by atoms with Crippen molar-refractivity contribution in [1.29, 1.82) is 0 Å². The molecule has 1 amide bonds. The molecule has 6 nitrogen and oxygen atoms in total. The fourth-order valence-electron chi connectivity index (χ4n) is 4.81. The average molecular weight is 458 g/mol. The van der Waals surface area contributed by atoms with Gasteiger partial charge >= 0.3 is 12.1 Å². The van der Waals surface area contributed by atoms with E-state index in [-0.39, 0.29) is 25.7 Å². The molecule has 3 aromatic carbocycles. The Balaban J connectivity index is 1.29. The molecular weight excluding hydrogens is 430 g/mol. The van der Waals surface area contributed by atoms with E-state index in [4.69, 9.17) is 14.2 Å². The molecule has 1 aliphatic heterocycles. The smallest absolute Gasteiger partial charge is 0.412 e. The third-order valence-electron chi connectivity index (χ3n) is 6.52. The lowest BCUT2D eigenvalue weighted by Gasteiger charge is -2.32. The summed E-state index contributed by atoms with van der Waals surface area (Å²) in [4.78, 5) is 27.5. The molecule has 0 bridgehead atoms. The van der Waals surface area contributed by atoms with Gasteiger partial charge in [0.1, 0.15) is 18.9 Å². The minimum atomic E-state index is -0.987. The van der Waals surface area contributed by atoms with Crippen LogP contribution >= 0.6 is 0 Å². The lowest BCUT2D eigenvalue weighted by atomic mass is 9.98. The summed E-state index contributed by atoms with van der Waals surface area (Å²) in [7, 11) is 0. The minimum Gasteiger partial charge on any atom is -0.459 e. The van der Waals surface area contributed by atoms with Crippen molar-refractivity contribution in [1.82, 2.24) is 4.90 Å². The van der Waals surface area contributed by atoms with Crippen molar-refractivity contribution in [2.75, 3.05) is 13.2 Å². The molecule has 2 aliphatic rings. The first-order valence-electron chi connectivity index (χ1n) is 11.4. The van der Waals surface area contributed by atoms with Gasteiger partial charge in [-0.25, -0.2) is 9.59 Å². The Morgan fingerprint density at radius 2 is 1.47 bits per heavy atom. The largest absolute Gasteiger partial charge is 0.459 e. The van der Waals surface area contributed by atoms with Gasteiger partial charge in [0.15, 0.2) is 6.04 Å². The number of hydrogen-bond acceptors (Lipinski definition) is 5. The number of rotatable bonds is 5. The van der Waals surface area contributed by atoms with Gasteiger partial charge in [-0.05, 0) is 41.7 Å². The molecule has 1 aliphatic carbocycles. The van der Waals surface area contributed by atoms with E-state index in [1.807, 2.05) is 54.6 Å². The number of esters is 1. The van der Waals surface area contributed by atoms with Crippen molar-refractivity contribution in [2.45, 2.75) is 38.1 Å². The molecule has 174 valence electrons. The van der Waals surface area contributed by atoms with Gasteiger partial charge in [-0.1, -0.05) is 78.9 Å². The highest BCUT2D eigenvalue weighted by Gasteiger charge is 2.49. The minimum absolute atomic E-state index is 0.0603. The highest BCUT2D eigenvalue weighted by atomic mass is 16.6. The molecule has 1 fully saturated rings. The molecule has 0 N–H and O–H groups in total. The van der Waals surface area contributed by atoms with Gasteiger partial charge in [0.2, 0.25) is 0 Å². The Kier molecular flexibility index (Phi) is 5.84. The fraction of sp³-hybridized carbons (Fsp3) is 0.286. The van der Waals surface area contributed by atoms with Crippen LogP contribution in [0.2, 0.25) is 0 Å². The first-order valence-corrected chi connectivity index (χ1v) is 11.4. The average Bonchev–Trinajstić information content (AvgIpc) is 3.35. The molecule has 5 rings (SSSR count). The number of amides is 1. The van der Waals surface area contributed by atoms with Gasteiger partial charge in [-0.15, -0.1) is 0 Å². The van der Waals surface area contributed by atoms with Crippen LogP contribution in [0.5, 0.6) is 0 Å². The summed E-state index contributed by atoms with van der Waals surface area (Å²) in [5, 5.41) is 0. The van der Waals surface area contributed by atoms with Crippen LogP contribution in [0.1, 0.15) is 36.5 Å². The van der Waals surface area contributed by atoms with Crippen LogP contribution in [0.3, 0.4) is 0 Å². The first-order chi connectivity index (χ1) is 16.5. The zero-order valence-electron chi connectivity index (χ0n) is 19.3. The van der Waals surface area contributed by atoms with Crippen molar-refractivity contribution in [3.63, 3.8) is 0 Å². The van der Waals surface area contributed by atoms with E-state index < -0.39 is 23.8 Å². The van der Waals surface area contributed by atoms with Crippen LogP contribution in [-0.2, 0) is 25.6 Å². The van der Waals surface area contributed by atoms with Crippen LogP contribution in [0.4, 0.5) is 4.79 Å². The Morgan fingerprint density at radius 1 is 0.882 bits per heavy atom. The number of hydrogen-bond donors (Lipinski definition) is 0. The lowest BCUT2D eigenvalue weighted by molar-refractivity contribution is -0.150. The third kappa shape index (κ3) is 4.05. The van der Waals surface area contributed by atoms with E-state index in [0.717, 1.165) is 27.8 Å². The number of benzene rings is 3. The topological polar surface area (TPSA) is 65.1 Å². The highest BCUT2D eigenvalue weighted by Crippen LogP contribution is 2.44. The molecule has 6 heteroatoms. The van der Waals surface area contributed by atoms with E-state index in [2.05, 4.69) is 24.3 Å². The Labute approximate surface area is 199 Å². The summed E-state index contributed by atoms with van der Waals surface area (Å²) in [5.41, 5.74) is 4.47. The number of ether oxygens (including phenoxy) is 3. The van der Waals surface area contributed by atoms with Crippen LogP contribution in [0.15, 0.2) is 78.9 Å². The zero-order valence-corrected chi connectivity index (χ0v) is 19.3. The lowest BCUT2D eigenvalue weighted by Crippen LogP contribution is -2.51. The first kappa shape index (κ1) is 22.2. The highest BCUT2D eigenvalue weighted by molar-refractivity contribution is 5.83. The van der Waals surface area contributed by atoms with Gasteiger partial charge in [0, 0.05) is 5.92 Å². The Morgan fingerprint density at radius 3 is 2.12 bits per heavy atom. The molecule has 0 aromatic heterocycles. The number of carbonyl (C=O) groups excluding carboxylic acids is 2. The quantitative estimate of drug-likeness (QED) is 0.498. The normalized spacial score (nSPS) is 18.3. The van der Waals surface area contributed by atoms with E-state index in [1.165, 1.54) is 4.90 Å². The maximum atomic E-state index is 13.2. The van der Waals surface area contributed by atoms with E-state index in [0.29, 0.717) is 0 Å². The maximum Gasteiger partial charge on any atom is 0.412 e. The van der Waals surface area contributed by atoms with Crippen molar-refractivity contribution in [2.24, 2.45) is 0 Å². The van der Waals surface area contributed by atoms with Crippen molar-refractivity contribution >= 4 is 12.1 Å². The van der Waals surface area contributed by atoms with Gasteiger partial charge in [-0.2, -0.15) is 0 Å². The van der Waals surface area contributed by atoms with E-state index in [9.17, 15) is 9.59 Å². The Bertz CT molecular complexity index is 1160. The molecule has 1 saturated heterocycles. The number of fused-ring (bicyclic) bond motifs is 3. The second-order valence-electron chi connectivity index (χ2n) is 9.04. The Hall–Kier alpha value is -3.64. The van der Waals surface area contributed by atoms with Crippen LogP contribution < -0.4 is 0 Å². The van der Waals surface area contributed by atoms with E-state index in [1.54, 1.807) is 13.8 Å². The van der Waals surface area contributed by atoms with Crippen molar-refractivity contribution in [3.8, 4) is 11.1 Å². The predicted molar refractivity (Wildman–Crippen MR) is 127 cm³/mol. The van der Waals surface area contributed by atoms with Crippen LogP contribution in [0.25, 0.3) is 11.1 Å². The zero-order chi connectivity index (χ0) is 23.7. The molecule has 3 aromatic rings. The van der Waals surface area contributed by atoms with Gasteiger partial charge < -0.3 is 14.2 Å². The molecule has 1 atom stereocenters. The second kappa shape index (κ2) is 8.95. The molecule has 0 spiro atoms. The van der Waals surface area contributed by atoms with Crippen molar-refractivity contribution in [3.05, 3.63) is 95.6 Å². The predicted octanol–water partition coefficient (Wildman–Crippen LogP) is 5.12. The van der Waals surface area contributed by atoms with E-state index >= 15 is 0 Å². The number of nitrogens with zero attached hydrogens (tertiary/aromatic N) is 1. The summed E-state index contributed by atoms with van der Waals surface area (Å²) in [5.74, 6) is -0.575. The third-order valence-corrected chi connectivity index (χ3v) is 6.52. The molecule has 0 unspecified atom stereocenters. The molecule has 34 heavy (non-hydrogen) atoms. The maximum absolute atomic E-state index is 13.2. The molecular formula is C28H27NO5. The van der Waals surface area contributed by atoms with Gasteiger partial charge in [0.25, 0.3) is 0 Å². The molecule has 0 saturated carbocycles. The summed E-state index contributed by atoms with van der Waals surface area (Å²) in [6.07, 6.45) is -0.592.